The Labute approximate surface area is 69.3 Å². The first-order valence-corrected chi connectivity index (χ1v) is 5.39. The molecule has 0 aliphatic rings. The zero-order valence-corrected chi connectivity index (χ0v) is 8.02. The van der Waals surface area contributed by atoms with Crippen molar-refractivity contribution in [3.8, 4) is 0 Å². The van der Waals surface area contributed by atoms with Crippen molar-refractivity contribution in [2.24, 2.45) is 5.14 Å². The molecule has 0 unspecified atom stereocenters. The first-order chi connectivity index (χ1) is 5.06. The quantitative estimate of drug-likeness (QED) is 0.522. The van der Waals surface area contributed by atoms with Crippen LogP contribution in [0.1, 0.15) is 26.7 Å². The third kappa shape index (κ3) is 17.7. The summed E-state index contributed by atoms with van der Waals surface area (Å²) in [4.78, 5) is 0. The van der Waals surface area contributed by atoms with Crippen LogP contribution >= 0.6 is 0 Å². The van der Waals surface area contributed by atoms with Gasteiger partial charge in [0.2, 0.25) is 10.0 Å². The first kappa shape index (κ1) is 13.3. The summed E-state index contributed by atoms with van der Waals surface area (Å²) in [6, 6.07) is 0. The van der Waals surface area contributed by atoms with E-state index in [1.54, 1.807) is 6.08 Å². The summed E-state index contributed by atoms with van der Waals surface area (Å²) in [7, 11) is -3.24. The van der Waals surface area contributed by atoms with Gasteiger partial charge in [-0.2, -0.15) is 0 Å². The van der Waals surface area contributed by atoms with E-state index in [1.165, 1.54) is 0 Å². The second-order valence-electron chi connectivity index (χ2n) is 1.80. The molecule has 68 valence electrons. The molecule has 0 amide bonds. The highest BCUT2D eigenvalue weighted by Gasteiger charge is 1.98. The molecule has 0 saturated carbocycles. The minimum Gasteiger partial charge on any atom is -0.229 e. The number of primary sulfonamides is 1. The van der Waals surface area contributed by atoms with Crippen molar-refractivity contribution in [2.45, 2.75) is 26.7 Å². The molecule has 0 bridgehead atoms. The summed E-state index contributed by atoms with van der Waals surface area (Å²) in [6.45, 7) is 7.44. The van der Waals surface area contributed by atoms with E-state index in [0.29, 0.717) is 12.8 Å². The molecule has 0 saturated heterocycles. The van der Waals surface area contributed by atoms with E-state index < -0.39 is 10.0 Å². The molecule has 0 spiro atoms. The van der Waals surface area contributed by atoms with Crippen molar-refractivity contribution < 1.29 is 8.42 Å². The van der Waals surface area contributed by atoms with Gasteiger partial charge in [0.25, 0.3) is 0 Å². The number of hydrogen-bond acceptors (Lipinski definition) is 2. The Bertz CT molecular complexity index is 173. The predicted molar refractivity (Wildman–Crippen MR) is 48.8 cm³/mol. The van der Waals surface area contributed by atoms with E-state index in [2.05, 4.69) is 6.58 Å². The van der Waals surface area contributed by atoms with E-state index in [4.69, 9.17) is 5.14 Å². The number of sulfonamides is 1. The van der Waals surface area contributed by atoms with Crippen LogP contribution in [0.4, 0.5) is 0 Å². The Balaban J connectivity index is 0. The van der Waals surface area contributed by atoms with Crippen molar-refractivity contribution >= 4 is 10.0 Å². The fourth-order valence-electron chi connectivity index (χ4n) is 0.429. The number of nitrogens with two attached hydrogens (primary N) is 1. The van der Waals surface area contributed by atoms with Gasteiger partial charge in [0.05, 0.1) is 5.75 Å². The van der Waals surface area contributed by atoms with Crippen LogP contribution < -0.4 is 5.14 Å². The molecule has 0 rings (SSSR count). The topological polar surface area (TPSA) is 60.2 Å². The van der Waals surface area contributed by atoms with Gasteiger partial charge in [0.1, 0.15) is 0 Å². The molecule has 0 aliphatic heterocycles. The Kier molecular flexibility index (Phi) is 9.34. The number of unbranched alkanes of at least 4 members (excludes halogenated alkanes) is 1. The third-order valence-corrected chi connectivity index (χ3v) is 1.69. The van der Waals surface area contributed by atoms with Gasteiger partial charge in [0, 0.05) is 0 Å². The van der Waals surface area contributed by atoms with Crippen LogP contribution in [0.25, 0.3) is 0 Å². The standard InChI is InChI=1S/C5H11NO2S.C2H6/c1-2-3-4-5-9(6,7)8;1-2/h2H,1,3-5H2,(H2,6,7,8);1-2H3. The van der Waals surface area contributed by atoms with Crippen molar-refractivity contribution in [1.82, 2.24) is 0 Å². The maximum absolute atomic E-state index is 10.2. The van der Waals surface area contributed by atoms with E-state index in [9.17, 15) is 8.42 Å². The Morgan fingerprint density at radius 2 is 1.91 bits per heavy atom. The molecular weight excluding hydrogens is 162 g/mol. The van der Waals surface area contributed by atoms with Crippen molar-refractivity contribution in [3.05, 3.63) is 12.7 Å². The number of rotatable bonds is 4. The molecular formula is C7H17NO2S. The normalized spacial score (nSPS) is 9.73. The van der Waals surface area contributed by atoms with Gasteiger partial charge in [-0.05, 0) is 12.8 Å². The molecule has 3 nitrogen and oxygen atoms in total. The highest BCUT2D eigenvalue weighted by molar-refractivity contribution is 7.89. The molecule has 0 aromatic carbocycles. The highest BCUT2D eigenvalue weighted by Crippen LogP contribution is 1.91. The molecule has 4 heteroatoms. The van der Waals surface area contributed by atoms with Crippen LogP contribution in [0.3, 0.4) is 0 Å². The van der Waals surface area contributed by atoms with Gasteiger partial charge in [-0.25, -0.2) is 13.6 Å². The summed E-state index contributed by atoms with van der Waals surface area (Å²) in [5.74, 6) is 0.0546. The Hall–Kier alpha value is -0.350. The second kappa shape index (κ2) is 7.75. The summed E-state index contributed by atoms with van der Waals surface area (Å²) in [6.07, 6.45) is 2.95. The summed E-state index contributed by atoms with van der Waals surface area (Å²) < 4.78 is 20.5. The van der Waals surface area contributed by atoms with Crippen LogP contribution in [-0.2, 0) is 10.0 Å². The van der Waals surface area contributed by atoms with Crippen LogP contribution in [-0.4, -0.2) is 14.2 Å². The molecule has 0 aromatic heterocycles. The van der Waals surface area contributed by atoms with Gasteiger partial charge >= 0.3 is 0 Å². The maximum Gasteiger partial charge on any atom is 0.209 e. The lowest BCUT2D eigenvalue weighted by Crippen LogP contribution is -2.15. The predicted octanol–water partition coefficient (Wildman–Crippen LogP) is 1.27. The highest BCUT2D eigenvalue weighted by atomic mass is 32.2. The average Bonchev–Trinajstić information content (AvgIpc) is 1.90. The molecule has 11 heavy (non-hydrogen) atoms. The largest absolute Gasteiger partial charge is 0.229 e. The Morgan fingerprint density at radius 3 is 2.18 bits per heavy atom. The smallest absolute Gasteiger partial charge is 0.209 e. The minimum absolute atomic E-state index is 0.0546. The number of allylic oxidation sites excluding steroid dienone is 1. The SMILES string of the molecule is C=CCCCS(N)(=O)=O.CC. The lowest BCUT2D eigenvalue weighted by atomic mass is 10.3. The minimum atomic E-state index is -3.24. The average molecular weight is 179 g/mol. The Morgan fingerprint density at radius 1 is 1.45 bits per heavy atom. The molecule has 2 N–H and O–H groups in total. The van der Waals surface area contributed by atoms with Gasteiger partial charge in [-0.1, -0.05) is 19.9 Å². The lowest BCUT2D eigenvalue weighted by Gasteiger charge is -1.92. The van der Waals surface area contributed by atoms with Gasteiger partial charge in [0.15, 0.2) is 0 Å². The third-order valence-electron chi connectivity index (χ3n) is 0.837. The summed E-state index contributed by atoms with van der Waals surface area (Å²) in [5.41, 5.74) is 0. The van der Waals surface area contributed by atoms with E-state index in [-0.39, 0.29) is 5.75 Å². The molecule has 0 radical (unpaired) electrons. The van der Waals surface area contributed by atoms with Crippen LogP contribution in [0.5, 0.6) is 0 Å². The molecule has 0 atom stereocenters. The van der Waals surface area contributed by atoms with Gasteiger partial charge < -0.3 is 0 Å². The molecule has 0 aromatic rings. The van der Waals surface area contributed by atoms with Crippen molar-refractivity contribution in [1.29, 1.82) is 0 Å². The molecule has 0 fully saturated rings. The lowest BCUT2D eigenvalue weighted by molar-refractivity contribution is 0.595. The molecule has 0 aliphatic carbocycles. The fraction of sp³-hybridized carbons (Fsp3) is 0.714. The van der Waals surface area contributed by atoms with Crippen molar-refractivity contribution in [2.75, 3.05) is 5.75 Å². The summed E-state index contributed by atoms with van der Waals surface area (Å²) in [5, 5.41) is 4.71. The van der Waals surface area contributed by atoms with Crippen LogP contribution in [0, 0.1) is 0 Å². The maximum atomic E-state index is 10.2. The van der Waals surface area contributed by atoms with Crippen LogP contribution in [0.2, 0.25) is 0 Å². The molecule has 0 heterocycles. The zero-order valence-electron chi connectivity index (χ0n) is 7.21. The van der Waals surface area contributed by atoms with Crippen molar-refractivity contribution in [3.63, 3.8) is 0 Å². The monoisotopic (exact) mass is 179 g/mol. The van der Waals surface area contributed by atoms with Gasteiger partial charge in [-0.3, -0.25) is 0 Å². The first-order valence-electron chi connectivity index (χ1n) is 3.67. The second-order valence-corrected chi connectivity index (χ2v) is 3.53. The van der Waals surface area contributed by atoms with Crippen LogP contribution in [0.15, 0.2) is 12.7 Å². The fourth-order valence-corrected chi connectivity index (χ4v) is 0.998. The van der Waals surface area contributed by atoms with E-state index in [1.807, 2.05) is 13.8 Å². The van der Waals surface area contributed by atoms with Gasteiger partial charge in [-0.15, -0.1) is 6.58 Å². The number of hydrogen-bond donors (Lipinski definition) is 1. The van der Waals surface area contributed by atoms with E-state index in [0.717, 1.165) is 0 Å². The van der Waals surface area contributed by atoms with E-state index >= 15 is 0 Å². The summed E-state index contributed by atoms with van der Waals surface area (Å²) >= 11 is 0. The zero-order chi connectivity index (χ0) is 9.33.